The summed E-state index contributed by atoms with van der Waals surface area (Å²) in [7, 11) is 2.20. The second-order valence-electron chi connectivity index (χ2n) is 6.13. The highest BCUT2D eigenvalue weighted by Crippen LogP contribution is 2.26. The molecule has 1 aliphatic heterocycles. The molecule has 0 aromatic heterocycles. The molecule has 0 fully saturated rings. The Hall–Kier alpha value is -1.02. The Morgan fingerprint density at radius 3 is 2.79 bits per heavy atom. The van der Waals surface area contributed by atoms with Crippen molar-refractivity contribution in [3.63, 3.8) is 0 Å². The summed E-state index contributed by atoms with van der Waals surface area (Å²) in [4.78, 5) is 2.37. The van der Waals surface area contributed by atoms with Crippen LogP contribution >= 0.6 is 0 Å². The van der Waals surface area contributed by atoms with Crippen molar-refractivity contribution in [3.05, 3.63) is 29.3 Å². The molecule has 0 aliphatic carbocycles. The number of nitrogens with zero attached hydrogens (tertiary/aromatic N) is 1. The van der Waals surface area contributed by atoms with E-state index in [0.717, 1.165) is 6.54 Å². The molecule has 0 saturated heterocycles. The molecule has 1 heterocycles. The van der Waals surface area contributed by atoms with Gasteiger partial charge in [-0.15, -0.1) is 0 Å². The maximum atomic E-state index is 3.69. The molecule has 0 spiro atoms. The number of hydrogen-bond donors (Lipinski definition) is 1. The van der Waals surface area contributed by atoms with Gasteiger partial charge in [0.15, 0.2) is 0 Å². The van der Waals surface area contributed by atoms with Crippen LogP contribution in [0, 0.1) is 5.92 Å². The Morgan fingerprint density at radius 2 is 2.11 bits per heavy atom. The molecule has 1 unspecified atom stereocenters. The van der Waals surface area contributed by atoms with Crippen LogP contribution in [-0.4, -0.2) is 19.6 Å². The maximum absolute atomic E-state index is 3.69. The second-order valence-corrected chi connectivity index (χ2v) is 6.13. The smallest absolute Gasteiger partial charge is 0.0396 e. The van der Waals surface area contributed by atoms with Crippen molar-refractivity contribution in [2.45, 2.75) is 52.6 Å². The van der Waals surface area contributed by atoms with Gasteiger partial charge in [0.2, 0.25) is 0 Å². The zero-order valence-corrected chi connectivity index (χ0v) is 12.9. The van der Waals surface area contributed by atoms with E-state index in [9.17, 15) is 0 Å². The van der Waals surface area contributed by atoms with Gasteiger partial charge in [0.05, 0.1) is 0 Å². The summed E-state index contributed by atoms with van der Waals surface area (Å²) in [6, 6.07) is 7.59. The van der Waals surface area contributed by atoms with Gasteiger partial charge in [0.1, 0.15) is 0 Å². The predicted octanol–water partition coefficient (Wildman–Crippen LogP) is 3.59. The zero-order valence-electron chi connectivity index (χ0n) is 12.9. The number of anilines is 1. The van der Waals surface area contributed by atoms with Gasteiger partial charge in [0, 0.05) is 31.9 Å². The number of rotatable bonds is 5. The summed E-state index contributed by atoms with van der Waals surface area (Å²) >= 11 is 0. The number of aryl methyl sites for hydroxylation is 1. The van der Waals surface area contributed by atoms with Crippen LogP contribution in [0.1, 0.15) is 44.7 Å². The lowest BCUT2D eigenvalue weighted by Crippen LogP contribution is -2.32. The molecule has 1 aromatic rings. The van der Waals surface area contributed by atoms with Crippen LogP contribution in [0.5, 0.6) is 0 Å². The van der Waals surface area contributed by atoms with Gasteiger partial charge in [-0.05, 0) is 42.4 Å². The fourth-order valence-electron chi connectivity index (χ4n) is 3.05. The van der Waals surface area contributed by atoms with Gasteiger partial charge < -0.3 is 10.2 Å². The van der Waals surface area contributed by atoms with Crippen LogP contribution in [-0.2, 0) is 13.0 Å². The Balaban J connectivity index is 2.02. The minimum atomic E-state index is 0.624. The topological polar surface area (TPSA) is 15.3 Å². The van der Waals surface area contributed by atoms with E-state index in [4.69, 9.17) is 0 Å². The zero-order chi connectivity index (χ0) is 13.8. The first kappa shape index (κ1) is 14.4. The molecule has 1 aromatic carbocycles. The van der Waals surface area contributed by atoms with E-state index in [1.165, 1.54) is 42.6 Å². The van der Waals surface area contributed by atoms with E-state index in [2.05, 4.69) is 56.2 Å². The Kier molecular flexibility index (Phi) is 4.87. The fraction of sp³-hybridized carbons (Fsp3) is 0.647. The van der Waals surface area contributed by atoms with Crippen molar-refractivity contribution < 1.29 is 0 Å². The van der Waals surface area contributed by atoms with E-state index in [1.54, 1.807) is 0 Å². The summed E-state index contributed by atoms with van der Waals surface area (Å²) < 4.78 is 0. The highest BCUT2D eigenvalue weighted by molar-refractivity contribution is 5.56. The molecule has 0 bridgehead atoms. The van der Waals surface area contributed by atoms with Crippen LogP contribution in [0.3, 0.4) is 0 Å². The number of fused-ring (bicyclic) bond motifs is 1. The molecule has 2 heteroatoms. The van der Waals surface area contributed by atoms with Crippen molar-refractivity contribution >= 4 is 5.69 Å². The summed E-state index contributed by atoms with van der Waals surface area (Å²) in [6.45, 7) is 9.04. The van der Waals surface area contributed by atoms with E-state index < -0.39 is 0 Å². The number of hydrogen-bond acceptors (Lipinski definition) is 2. The van der Waals surface area contributed by atoms with Crippen molar-refractivity contribution in [2.24, 2.45) is 5.92 Å². The molecule has 0 saturated carbocycles. The normalized spacial score (nSPS) is 16.6. The molecule has 1 N–H and O–H groups in total. The highest BCUT2D eigenvalue weighted by Gasteiger charge is 2.14. The third-order valence-electron chi connectivity index (χ3n) is 4.31. The van der Waals surface area contributed by atoms with Crippen molar-refractivity contribution in [1.82, 2.24) is 5.32 Å². The van der Waals surface area contributed by atoms with Gasteiger partial charge in [-0.1, -0.05) is 32.9 Å². The minimum Gasteiger partial charge on any atom is -0.374 e. The van der Waals surface area contributed by atoms with Gasteiger partial charge in [-0.2, -0.15) is 0 Å². The Bertz CT molecular complexity index is 412. The van der Waals surface area contributed by atoms with Crippen LogP contribution in [0.15, 0.2) is 18.2 Å². The summed E-state index contributed by atoms with van der Waals surface area (Å²) in [5.41, 5.74) is 4.37. The number of benzene rings is 1. The molecule has 1 atom stereocenters. The van der Waals surface area contributed by atoms with Crippen LogP contribution in [0.25, 0.3) is 0 Å². The van der Waals surface area contributed by atoms with Gasteiger partial charge in [0.25, 0.3) is 0 Å². The quantitative estimate of drug-likeness (QED) is 0.870. The van der Waals surface area contributed by atoms with Crippen LogP contribution in [0.2, 0.25) is 0 Å². The lowest BCUT2D eigenvalue weighted by atomic mass is 9.98. The average molecular weight is 260 g/mol. The Labute approximate surface area is 118 Å². The molecular formula is C17H28N2. The molecule has 2 nitrogen and oxygen atoms in total. The standard InChI is InChI=1S/C17H28N2/c1-5-16(13(2)3)18-12-14-8-9-17-15(11-14)7-6-10-19(17)4/h8-9,11,13,16,18H,5-7,10,12H2,1-4H3. The molecule has 106 valence electrons. The van der Waals surface area contributed by atoms with Crippen molar-refractivity contribution in [2.75, 3.05) is 18.5 Å². The van der Waals surface area contributed by atoms with Crippen LogP contribution < -0.4 is 10.2 Å². The maximum Gasteiger partial charge on any atom is 0.0396 e. The Morgan fingerprint density at radius 1 is 1.32 bits per heavy atom. The minimum absolute atomic E-state index is 0.624. The summed E-state index contributed by atoms with van der Waals surface area (Å²) in [6.07, 6.45) is 3.71. The molecule has 2 rings (SSSR count). The molecule has 19 heavy (non-hydrogen) atoms. The lowest BCUT2D eigenvalue weighted by molar-refractivity contribution is 0.387. The van der Waals surface area contributed by atoms with Crippen molar-refractivity contribution in [3.8, 4) is 0 Å². The van der Waals surface area contributed by atoms with Crippen LogP contribution in [0.4, 0.5) is 5.69 Å². The van der Waals surface area contributed by atoms with Gasteiger partial charge in [-0.3, -0.25) is 0 Å². The first-order valence-electron chi connectivity index (χ1n) is 7.68. The monoisotopic (exact) mass is 260 g/mol. The van der Waals surface area contributed by atoms with E-state index in [0.29, 0.717) is 12.0 Å². The summed E-state index contributed by atoms with van der Waals surface area (Å²) in [5, 5.41) is 3.69. The second kappa shape index (κ2) is 6.42. The highest BCUT2D eigenvalue weighted by atomic mass is 15.1. The van der Waals surface area contributed by atoms with Gasteiger partial charge >= 0.3 is 0 Å². The van der Waals surface area contributed by atoms with Gasteiger partial charge in [-0.25, -0.2) is 0 Å². The molecule has 0 radical (unpaired) electrons. The van der Waals surface area contributed by atoms with Crippen molar-refractivity contribution in [1.29, 1.82) is 0 Å². The molecule has 0 amide bonds. The van der Waals surface area contributed by atoms with E-state index >= 15 is 0 Å². The predicted molar refractivity (Wildman–Crippen MR) is 83.8 cm³/mol. The molecular weight excluding hydrogens is 232 g/mol. The largest absolute Gasteiger partial charge is 0.374 e. The summed E-state index contributed by atoms with van der Waals surface area (Å²) in [5.74, 6) is 0.703. The lowest BCUT2D eigenvalue weighted by Gasteiger charge is -2.28. The average Bonchev–Trinajstić information content (AvgIpc) is 2.39. The first-order chi connectivity index (χ1) is 9.11. The van der Waals surface area contributed by atoms with E-state index in [1.807, 2.05) is 0 Å². The third kappa shape index (κ3) is 3.50. The SMILES string of the molecule is CCC(NCc1ccc2c(c1)CCCN2C)C(C)C. The van der Waals surface area contributed by atoms with E-state index in [-0.39, 0.29) is 0 Å². The first-order valence-corrected chi connectivity index (χ1v) is 7.68. The molecule has 1 aliphatic rings. The third-order valence-corrected chi connectivity index (χ3v) is 4.31. The fourth-order valence-corrected chi connectivity index (χ4v) is 3.05. The number of nitrogens with one attached hydrogen (secondary N) is 1.